The molecule has 6 heteroatoms. The standard InChI is InChI=1S/C17H20N6/c18-17-19-16-15(7-4-8-23(16)20-17)22-11-9-21(10-12-22)13-14-5-2-1-3-6-14/h1-8H,9-13H2,(H2,18,20). The van der Waals surface area contributed by atoms with Gasteiger partial charge in [0.05, 0.1) is 5.69 Å². The van der Waals surface area contributed by atoms with Gasteiger partial charge >= 0.3 is 0 Å². The molecule has 1 aliphatic rings. The van der Waals surface area contributed by atoms with Gasteiger partial charge in [0.1, 0.15) is 0 Å². The number of rotatable bonds is 3. The summed E-state index contributed by atoms with van der Waals surface area (Å²) in [5, 5.41) is 4.19. The van der Waals surface area contributed by atoms with Crippen LogP contribution in [0.3, 0.4) is 0 Å². The van der Waals surface area contributed by atoms with Gasteiger partial charge in [0.25, 0.3) is 0 Å². The van der Waals surface area contributed by atoms with E-state index in [1.807, 2.05) is 12.3 Å². The minimum absolute atomic E-state index is 0.320. The maximum atomic E-state index is 5.73. The molecule has 4 rings (SSSR count). The number of piperazine rings is 1. The van der Waals surface area contributed by atoms with Crippen LogP contribution in [0.25, 0.3) is 5.65 Å². The van der Waals surface area contributed by atoms with Crippen molar-refractivity contribution < 1.29 is 0 Å². The van der Waals surface area contributed by atoms with Crippen LogP contribution in [0, 0.1) is 0 Å². The third kappa shape index (κ3) is 2.85. The van der Waals surface area contributed by atoms with Gasteiger partial charge in [0, 0.05) is 38.9 Å². The zero-order valence-electron chi connectivity index (χ0n) is 13.0. The first-order valence-corrected chi connectivity index (χ1v) is 7.92. The van der Waals surface area contributed by atoms with Gasteiger partial charge in [-0.05, 0) is 17.7 Å². The maximum Gasteiger partial charge on any atom is 0.240 e. The second kappa shape index (κ2) is 5.89. The first-order valence-electron chi connectivity index (χ1n) is 7.92. The van der Waals surface area contributed by atoms with Crippen molar-refractivity contribution in [2.45, 2.75) is 6.54 Å². The van der Waals surface area contributed by atoms with Gasteiger partial charge in [-0.2, -0.15) is 4.98 Å². The second-order valence-electron chi connectivity index (χ2n) is 5.88. The topological polar surface area (TPSA) is 62.7 Å². The summed E-state index contributed by atoms with van der Waals surface area (Å²) in [5.41, 5.74) is 9.04. The molecule has 1 saturated heterocycles. The van der Waals surface area contributed by atoms with E-state index in [9.17, 15) is 0 Å². The molecule has 23 heavy (non-hydrogen) atoms. The minimum Gasteiger partial charge on any atom is -0.366 e. The van der Waals surface area contributed by atoms with Crippen LogP contribution < -0.4 is 10.6 Å². The number of hydrogen-bond donors (Lipinski definition) is 1. The SMILES string of the molecule is Nc1nc2c(N3CCN(Cc4ccccc4)CC3)cccn2n1. The predicted octanol–water partition coefficient (Wildman–Crippen LogP) is 1.63. The van der Waals surface area contributed by atoms with Gasteiger partial charge in [-0.15, -0.1) is 5.10 Å². The number of anilines is 2. The van der Waals surface area contributed by atoms with E-state index in [1.54, 1.807) is 4.52 Å². The fraction of sp³-hybridized carbons (Fsp3) is 0.294. The Bertz CT molecular complexity index is 789. The molecule has 0 unspecified atom stereocenters. The highest BCUT2D eigenvalue weighted by atomic mass is 15.3. The van der Waals surface area contributed by atoms with Gasteiger partial charge in [-0.3, -0.25) is 4.90 Å². The van der Waals surface area contributed by atoms with Crippen molar-refractivity contribution in [2.75, 3.05) is 36.8 Å². The van der Waals surface area contributed by atoms with E-state index in [-0.39, 0.29) is 0 Å². The number of nitrogens with zero attached hydrogens (tertiary/aromatic N) is 5. The highest BCUT2D eigenvalue weighted by Crippen LogP contribution is 2.22. The van der Waals surface area contributed by atoms with Gasteiger partial charge in [0.2, 0.25) is 5.95 Å². The van der Waals surface area contributed by atoms with Gasteiger partial charge < -0.3 is 10.6 Å². The largest absolute Gasteiger partial charge is 0.366 e. The maximum absolute atomic E-state index is 5.73. The fourth-order valence-electron chi connectivity index (χ4n) is 3.14. The summed E-state index contributed by atoms with van der Waals surface area (Å²) in [6.45, 7) is 5.06. The molecular weight excluding hydrogens is 288 g/mol. The molecule has 0 saturated carbocycles. The highest BCUT2D eigenvalue weighted by molar-refractivity contribution is 5.69. The van der Waals surface area contributed by atoms with Crippen LogP contribution in [-0.4, -0.2) is 45.7 Å². The van der Waals surface area contributed by atoms with Gasteiger partial charge in [-0.1, -0.05) is 30.3 Å². The number of nitrogens with two attached hydrogens (primary N) is 1. The molecule has 2 aromatic heterocycles. The van der Waals surface area contributed by atoms with Crippen LogP contribution in [-0.2, 0) is 6.54 Å². The Labute approximate surface area is 135 Å². The Balaban J connectivity index is 1.46. The average Bonchev–Trinajstić information content (AvgIpc) is 2.97. The van der Waals surface area contributed by atoms with E-state index in [2.05, 4.69) is 56.3 Å². The summed E-state index contributed by atoms with van der Waals surface area (Å²) in [7, 11) is 0. The predicted molar refractivity (Wildman–Crippen MR) is 91.3 cm³/mol. The normalized spacial score (nSPS) is 16.1. The molecule has 0 atom stereocenters. The van der Waals surface area contributed by atoms with Crippen LogP contribution in [0.5, 0.6) is 0 Å². The summed E-state index contributed by atoms with van der Waals surface area (Å²) in [6, 6.07) is 14.7. The summed E-state index contributed by atoms with van der Waals surface area (Å²) in [4.78, 5) is 9.21. The van der Waals surface area contributed by atoms with Crippen LogP contribution in [0.4, 0.5) is 11.6 Å². The summed E-state index contributed by atoms with van der Waals surface area (Å²) in [6.07, 6.45) is 1.88. The molecule has 1 aromatic carbocycles. The Kier molecular flexibility index (Phi) is 3.59. The van der Waals surface area contributed by atoms with Crippen molar-refractivity contribution in [1.29, 1.82) is 0 Å². The van der Waals surface area contributed by atoms with Crippen molar-refractivity contribution in [3.63, 3.8) is 0 Å². The van der Waals surface area contributed by atoms with Crippen LogP contribution in [0.1, 0.15) is 5.56 Å². The molecule has 118 valence electrons. The van der Waals surface area contributed by atoms with E-state index >= 15 is 0 Å². The van der Waals surface area contributed by atoms with Crippen molar-refractivity contribution in [2.24, 2.45) is 0 Å². The van der Waals surface area contributed by atoms with Crippen LogP contribution >= 0.6 is 0 Å². The molecule has 0 amide bonds. The summed E-state index contributed by atoms with van der Waals surface area (Å²) >= 11 is 0. The summed E-state index contributed by atoms with van der Waals surface area (Å²) in [5.74, 6) is 0.320. The first kappa shape index (κ1) is 14.0. The minimum atomic E-state index is 0.320. The Morgan fingerprint density at radius 1 is 0.957 bits per heavy atom. The van der Waals surface area contributed by atoms with Crippen molar-refractivity contribution >= 4 is 17.3 Å². The molecule has 2 N–H and O–H groups in total. The molecule has 1 fully saturated rings. The first-order chi connectivity index (χ1) is 11.3. The lowest BCUT2D eigenvalue weighted by Gasteiger charge is -2.36. The quantitative estimate of drug-likeness (QED) is 0.797. The number of nitrogen functional groups attached to an aromatic ring is 1. The highest BCUT2D eigenvalue weighted by Gasteiger charge is 2.20. The molecule has 6 nitrogen and oxygen atoms in total. The Morgan fingerprint density at radius 3 is 2.52 bits per heavy atom. The Hall–Kier alpha value is -2.60. The molecule has 0 radical (unpaired) electrons. The molecule has 0 spiro atoms. The second-order valence-corrected chi connectivity index (χ2v) is 5.88. The van der Waals surface area contributed by atoms with E-state index in [4.69, 9.17) is 5.73 Å². The number of hydrogen-bond acceptors (Lipinski definition) is 5. The third-order valence-electron chi connectivity index (χ3n) is 4.32. The molecule has 3 aromatic rings. The zero-order valence-corrected chi connectivity index (χ0v) is 13.0. The lowest BCUT2D eigenvalue weighted by atomic mass is 10.2. The number of fused-ring (bicyclic) bond motifs is 1. The van der Waals surface area contributed by atoms with E-state index in [0.29, 0.717) is 5.95 Å². The van der Waals surface area contributed by atoms with Crippen LogP contribution in [0.2, 0.25) is 0 Å². The van der Waals surface area contributed by atoms with Gasteiger partial charge in [-0.25, -0.2) is 4.52 Å². The molecular formula is C17H20N6. The molecule has 3 heterocycles. The van der Waals surface area contributed by atoms with Gasteiger partial charge in [0.15, 0.2) is 5.65 Å². The fourth-order valence-corrected chi connectivity index (χ4v) is 3.14. The number of aromatic nitrogens is 3. The lowest BCUT2D eigenvalue weighted by Crippen LogP contribution is -2.46. The molecule has 0 aliphatic carbocycles. The zero-order chi connectivity index (χ0) is 15.6. The number of benzene rings is 1. The van der Waals surface area contributed by atoms with Crippen molar-refractivity contribution in [1.82, 2.24) is 19.5 Å². The van der Waals surface area contributed by atoms with E-state index < -0.39 is 0 Å². The Morgan fingerprint density at radius 2 is 1.74 bits per heavy atom. The van der Waals surface area contributed by atoms with Crippen molar-refractivity contribution in [3.8, 4) is 0 Å². The smallest absolute Gasteiger partial charge is 0.240 e. The van der Waals surface area contributed by atoms with Crippen LogP contribution in [0.15, 0.2) is 48.7 Å². The summed E-state index contributed by atoms with van der Waals surface area (Å²) < 4.78 is 1.75. The number of pyridine rings is 1. The average molecular weight is 308 g/mol. The third-order valence-corrected chi connectivity index (χ3v) is 4.32. The molecule has 0 bridgehead atoms. The monoisotopic (exact) mass is 308 g/mol. The molecule has 1 aliphatic heterocycles. The van der Waals surface area contributed by atoms with Crippen molar-refractivity contribution in [3.05, 3.63) is 54.2 Å². The van der Waals surface area contributed by atoms with E-state index in [1.165, 1.54) is 5.56 Å². The lowest BCUT2D eigenvalue weighted by molar-refractivity contribution is 0.250. The van der Waals surface area contributed by atoms with E-state index in [0.717, 1.165) is 44.1 Å².